The van der Waals surface area contributed by atoms with E-state index in [-0.39, 0.29) is 5.78 Å². The molecule has 0 aliphatic rings. The van der Waals surface area contributed by atoms with Crippen molar-refractivity contribution >= 4 is 33.9 Å². The van der Waals surface area contributed by atoms with Crippen molar-refractivity contribution in [3.05, 3.63) is 139 Å². The van der Waals surface area contributed by atoms with Crippen molar-refractivity contribution in [2.75, 3.05) is 0 Å². The Kier molecular flexibility index (Phi) is 6.69. The van der Waals surface area contributed by atoms with E-state index in [2.05, 4.69) is 92.7 Å². The largest absolute Gasteiger partial charge is 0.289 e. The van der Waals surface area contributed by atoms with E-state index in [1.165, 1.54) is 15.9 Å². The van der Waals surface area contributed by atoms with Gasteiger partial charge in [-0.25, -0.2) is 0 Å². The topological polar surface area (TPSA) is 17.1 Å². The lowest BCUT2D eigenvalue weighted by atomic mass is 10.1. The number of benzene rings is 4. The van der Waals surface area contributed by atoms with Gasteiger partial charge in [0.15, 0.2) is 5.78 Å². The molecule has 0 saturated carbocycles. The summed E-state index contributed by atoms with van der Waals surface area (Å²) in [6.45, 7) is 1.68. The summed E-state index contributed by atoms with van der Waals surface area (Å²) >= 11 is 0. The number of carbonyl (C=O) groups is 1. The van der Waals surface area contributed by atoms with E-state index in [0.29, 0.717) is 5.56 Å². The van der Waals surface area contributed by atoms with Gasteiger partial charge in [0.25, 0.3) is 0 Å². The fraction of sp³-hybridized carbons (Fsp3) is 0.0667. The van der Waals surface area contributed by atoms with E-state index >= 15 is 0 Å². The average molecular weight is 435 g/mol. The predicted octanol–water partition coefficient (Wildman–Crippen LogP) is 6.00. The highest BCUT2D eigenvalue weighted by atomic mass is 31.2. The fourth-order valence-electron chi connectivity index (χ4n) is 4.14. The van der Waals surface area contributed by atoms with Gasteiger partial charge < -0.3 is 0 Å². The van der Waals surface area contributed by atoms with Gasteiger partial charge in [-0.2, -0.15) is 0 Å². The van der Waals surface area contributed by atoms with Gasteiger partial charge in [-0.15, -0.1) is 0 Å². The second kappa shape index (κ2) is 9.81. The van der Waals surface area contributed by atoms with E-state index < -0.39 is 6.89 Å². The van der Waals surface area contributed by atoms with Gasteiger partial charge in [0.05, 0.1) is 0 Å². The molecule has 4 aromatic carbocycles. The van der Waals surface area contributed by atoms with E-state index in [0.717, 1.165) is 10.9 Å². The Morgan fingerprint density at radius 1 is 0.562 bits per heavy atom. The van der Waals surface area contributed by atoms with Crippen LogP contribution in [0.4, 0.5) is 0 Å². The highest BCUT2D eigenvalue weighted by molar-refractivity contribution is 7.96. The molecule has 0 aliphatic heterocycles. The average Bonchev–Trinajstić information content (AvgIpc) is 2.86. The maximum atomic E-state index is 14.2. The molecule has 1 nitrogen and oxygen atoms in total. The molecule has 32 heavy (non-hydrogen) atoms. The molecule has 2 heteroatoms. The van der Waals surface area contributed by atoms with E-state index in [9.17, 15) is 4.79 Å². The van der Waals surface area contributed by atoms with Crippen molar-refractivity contribution in [3.63, 3.8) is 0 Å². The zero-order valence-electron chi connectivity index (χ0n) is 18.5. The second-order valence-corrected chi connectivity index (χ2v) is 11.4. The fourth-order valence-corrected chi connectivity index (χ4v) is 8.62. The van der Waals surface area contributed by atoms with Gasteiger partial charge in [-0.3, -0.25) is 4.79 Å². The van der Waals surface area contributed by atoms with Crippen LogP contribution in [0.2, 0.25) is 0 Å². The molecule has 0 saturated heterocycles. The zero-order valence-corrected chi connectivity index (χ0v) is 19.4. The maximum Gasteiger partial charge on any atom is 0.194 e. The quantitative estimate of drug-likeness (QED) is 0.269. The van der Waals surface area contributed by atoms with Crippen LogP contribution in [-0.2, 0) is 0 Å². The summed E-state index contributed by atoms with van der Waals surface area (Å²) in [7, 11) is 0. The number of ketones is 1. The zero-order chi connectivity index (χ0) is 22.4. The molecular weight excluding hydrogens is 407 g/mol. The summed E-state index contributed by atoms with van der Waals surface area (Å²) in [6, 6.07) is 41.2. The smallest absolute Gasteiger partial charge is 0.194 e. The molecule has 158 valence electrons. The van der Waals surface area contributed by atoms with Gasteiger partial charge >= 0.3 is 0 Å². The Morgan fingerprint density at radius 2 is 0.906 bits per heavy atom. The summed E-state index contributed by atoms with van der Waals surface area (Å²) < 4.78 is 0. The first-order valence-electron chi connectivity index (χ1n) is 10.8. The lowest BCUT2D eigenvalue weighted by Gasteiger charge is -2.31. The van der Waals surface area contributed by atoms with Crippen molar-refractivity contribution in [1.29, 1.82) is 0 Å². The van der Waals surface area contributed by atoms with Crippen LogP contribution >= 0.6 is 6.89 Å². The van der Waals surface area contributed by atoms with Crippen molar-refractivity contribution in [3.8, 4) is 0 Å². The molecule has 0 aliphatic carbocycles. The van der Waals surface area contributed by atoms with Crippen LogP contribution < -0.4 is 15.9 Å². The Labute approximate surface area is 191 Å². The molecule has 0 aromatic heterocycles. The van der Waals surface area contributed by atoms with Crippen LogP contribution in [0, 0.1) is 0 Å². The van der Waals surface area contributed by atoms with Crippen molar-refractivity contribution in [2.45, 2.75) is 13.8 Å². The maximum absolute atomic E-state index is 14.2. The van der Waals surface area contributed by atoms with E-state index in [1.807, 2.05) is 48.5 Å². The van der Waals surface area contributed by atoms with Crippen LogP contribution in [0.25, 0.3) is 0 Å². The first-order valence-corrected chi connectivity index (χ1v) is 12.6. The Bertz CT molecular complexity index is 1160. The van der Waals surface area contributed by atoms with Crippen molar-refractivity contribution < 1.29 is 4.79 Å². The normalized spacial score (nSPS) is 10.9. The molecule has 4 aromatic rings. The standard InChI is InChI=1S/C30H27OP/c1-24(2)23-29(30(31)25-15-7-3-8-16-25)32(26-17-9-4-10-18-26,27-19-11-5-12-20-27)28-21-13-6-14-22-28/h3-23H,1-2H3. The molecule has 0 amide bonds. The number of carbonyl (C=O) groups excluding carboxylic acids is 1. The summed E-state index contributed by atoms with van der Waals surface area (Å²) in [6.07, 6.45) is 2.11. The molecule has 4 rings (SSSR count). The van der Waals surface area contributed by atoms with Crippen molar-refractivity contribution in [2.24, 2.45) is 0 Å². The van der Waals surface area contributed by atoms with Crippen LogP contribution in [0.3, 0.4) is 0 Å². The molecule has 0 spiro atoms. The SMILES string of the molecule is CC(C)=CC(C(=O)c1ccccc1)=P(c1ccccc1)(c1ccccc1)c1ccccc1. The molecule has 0 fully saturated rings. The third-order valence-corrected chi connectivity index (χ3v) is 9.76. The molecule has 0 unspecified atom stereocenters. The van der Waals surface area contributed by atoms with Crippen LogP contribution in [0.1, 0.15) is 24.2 Å². The Morgan fingerprint density at radius 3 is 1.25 bits per heavy atom. The molecule has 0 radical (unpaired) electrons. The summed E-state index contributed by atoms with van der Waals surface area (Å²) in [5.41, 5.74) is 1.82. The minimum atomic E-state index is -2.45. The lowest BCUT2D eigenvalue weighted by molar-refractivity contribution is 0.106. The van der Waals surface area contributed by atoms with Gasteiger partial charge in [0.2, 0.25) is 0 Å². The number of Topliss-reactive ketones (excluding diaryl/α,β-unsaturated/α-hetero) is 1. The Balaban J connectivity index is 2.27. The summed E-state index contributed by atoms with van der Waals surface area (Å²) in [5, 5.41) is 4.38. The Hall–Kier alpha value is -3.41. The molecule has 0 bridgehead atoms. The van der Waals surface area contributed by atoms with Crippen molar-refractivity contribution in [1.82, 2.24) is 0 Å². The number of hydrogen-bond donors (Lipinski definition) is 0. The van der Waals surface area contributed by atoms with Gasteiger partial charge in [0.1, 0.15) is 0 Å². The first kappa shape index (κ1) is 21.8. The van der Waals surface area contributed by atoms with Gasteiger partial charge in [0, 0.05) is 10.9 Å². The minimum absolute atomic E-state index is 0.0803. The minimum Gasteiger partial charge on any atom is -0.289 e. The van der Waals surface area contributed by atoms with Gasteiger partial charge in [-0.05, 0) is 36.6 Å². The molecule has 0 heterocycles. The molecule has 0 N–H and O–H groups in total. The van der Waals surface area contributed by atoms with Crippen LogP contribution in [-0.4, -0.2) is 11.1 Å². The third kappa shape index (κ3) is 4.17. The summed E-state index contributed by atoms with van der Waals surface area (Å²) in [5.74, 6) is 0.0803. The van der Waals surface area contributed by atoms with Crippen LogP contribution in [0.5, 0.6) is 0 Å². The lowest BCUT2D eigenvalue weighted by Crippen LogP contribution is -2.33. The highest BCUT2D eigenvalue weighted by Gasteiger charge is 2.32. The van der Waals surface area contributed by atoms with Crippen LogP contribution in [0.15, 0.2) is 133 Å². The summed E-state index contributed by atoms with van der Waals surface area (Å²) in [4.78, 5) is 14.2. The number of allylic oxidation sites excluding steroid dienone is 2. The third-order valence-electron chi connectivity index (χ3n) is 5.49. The number of hydrogen-bond acceptors (Lipinski definition) is 1. The van der Waals surface area contributed by atoms with Gasteiger partial charge in [-0.1, -0.05) is 133 Å². The second-order valence-electron chi connectivity index (χ2n) is 7.98. The number of rotatable bonds is 6. The monoisotopic (exact) mass is 434 g/mol. The molecule has 0 atom stereocenters. The van der Waals surface area contributed by atoms with E-state index in [1.54, 1.807) is 0 Å². The molecular formula is C30H27OP. The predicted molar refractivity (Wildman–Crippen MR) is 140 cm³/mol. The first-order chi connectivity index (χ1) is 15.6. The highest BCUT2D eigenvalue weighted by Crippen LogP contribution is 2.47. The van der Waals surface area contributed by atoms with E-state index in [4.69, 9.17) is 0 Å².